The van der Waals surface area contributed by atoms with Crippen molar-refractivity contribution in [2.45, 2.75) is 66.3 Å². The molecule has 0 saturated heterocycles. The number of hydrogen-bond acceptors (Lipinski definition) is 2. The lowest BCUT2D eigenvalue weighted by Gasteiger charge is -2.37. The fourth-order valence-corrected chi connectivity index (χ4v) is 2.28. The van der Waals surface area contributed by atoms with Crippen LogP contribution in [0.2, 0.25) is 0 Å². The molecule has 0 saturated carbocycles. The Morgan fingerprint density at radius 1 is 0.647 bits per heavy atom. The van der Waals surface area contributed by atoms with E-state index in [1.165, 1.54) is 52.0 Å². The van der Waals surface area contributed by atoms with Crippen LogP contribution in [-0.4, -0.2) is 48.1 Å². The fourth-order valence-electron chi connectivity index (χ4n) is 2.28. The Kier molecular flexibility index (Phi) is 8.89. The highest BCUT2D eigenvalue weighted by Gasteiger charge is 2.20. The Bertz CT molecular complexity index is 166. The molecule has 0 bridgehead atoms. The van der Waals surface area contributed by atoms with E-state index in [-0.39, 0.29) is 0 Å². The molecule has 17 heavy (non-hydrogen) atoms. The van der Waals surface area contributed by atoms with Gasteiger partial charge in [0.15, 0.2) is 0 Å². The van der Waals surface area contributed by atoms with Crippen molar-refractivity contribution in [3.63, 3.8) is 0 Å². The van der Waals surface area contributed by atoms with E-state index < -0.39 is 0 Å². The highest BCUT2D eigenvalue weighted by molar-refractivity contribution is 4.76. The van der Waals surface area contributed by atoms with E-state index in [9.17, 15) is 0 Å². The zero-order valence-corrected chi connectivity index (χ0v) is 13.1. The Labute approximate surface area is 109 Å². The van der Waals surface area contributed by atoms with Crippen molar-refractivity contribution in [2.75, 3.05) is 32.7 Å². The van der Waals surface area contributed by atoms with Gasteiger partial charge in [-0.1, -0.05) is 20.8 Å². The van der Waals surface area contributed by atoms with Crippen molar-refractivity contribution in [1.82, 2.24) is 9.80 Å². The van der Waals surface area contributed by atoms with Crippen molar-refractivity contribution in [3.05, 3.63) is 0 Å². The molecule has 0 rings (SSSR count). The maximum absolute atomic E-state index is 2.62. The Hall–Kier alpha value is -0.0800. The average Bonchev–Trinajstić information content (AvgIpc) is 2.23. The van der Waals surface area contributed by atoms with Crippen molar-refractivity contribution < 1.29 is 0 Å². The quantitative estimate of drug-likeness (QED) is 0.609. The molecule has 0 aliphatic carbocycles. The van der Waals surface area contributed by atoms with Crippen molar-refractivity contribution in [3.8, 4) is 0 Å². The van der Waals surface area contributed by atoms with Gasteiger partial charge in [-0.2, -0.15) is 0 Å². The molecule has 0 aliphatic rings. The summed E-state index contributed by atoms with van der Waals surface area (Å²) in [4.78, 5) is 5.22. The largest absolute Gasteiger partial charge is 0.302 e. The third-order valence-electron chi connectivity index (χ3n) is 3.21. The van der Waals surface area contributed by atoms with Gasteiger partial charge in [0.05, 0.1) is 0 Å². The maximum Gasteiger partial charge on any atom is 0.0125 e. The lowest BCUT2D eigenvalue weighted by molar-refractivity contribution is 0.114. The summed E-state index contributed by atoms with van der Waals surface area (Å²) >= 11 is 0. The minimum Gasteiger partial charge on any atom is -0.302 e. The van der Waals surface area contributed by atoms with Crippen LogP contribution in [0.25, 0.3) is 0 Å². The fraction of sp³-hybridized carbons (Fsp3) is 1.00. The van der Waals surface area contributed by atoms with Crippen molar-refractivity contribution in [1.29, 1.82) is 0 Å². The molecule has 2 heteroatoms. The molecule has 0 amide bonds. The molecule has 0 aromatic rings. The summed E-state index contributed by atoms with van der Waals surface area (Å²) in [5.41, 5.74) is 0.306. The van der Waals surface area contributed by atoms with E-state index in [0.717, 1.165) is 0 Å². The molecule has 2 nitrogen and oxygen atoms in total. The lowest BCUT2D eigenvalue weighted by Crippen LogP contribution is -2.46. The van der Waals surface area contributed by atoms with Crippen LogP contribution in [0.3, 0.4) is 0 Å². The molecule has 0 N–H and O–H groups in total. The molecule has 0 atom stereocenters. The average molecular weight is 242 g/mol. The Balaban J connectivity index is 4.16. The van der Waals surface area contributed by atoms with Gasteiger partial charge in [0.1, 0.15) is 0 Å². The molecular formula is C15H34N2. The van der Waals surface area contributed by atoms with Crippen LogP contribution in [0.5, 0.6) is 0 Å². The molecule has 0 heterocycles. The standard InChI is InChI=1S/C15H34N2/c1-7-10-16(11-8-2)13-14-17(12-9-3)15(4,5)6/h7-14H2,1-6H3. The molecule has 104 valence electrons. The first kappa shape index (κ1) is 16.9. The number of rotatable bonds is 9. The van der Waals surface area contributed by atoms with Crippen molar-refractivity contribution >= 4 is 0 Å². The minimum atomic E-state index is 0.306. The summed E-state index contributed by atoms with van der Waals surface area (Å²) in [6, 6.07) is 0. The molecule has 0 spiro atoms. The maximum atomic E-state index is 2.62. The second-order valence-corrected chi connectivity index (χ2v) is 6.00. The SMILES string of the molecule is CCCN(CCC)CCN(CCC)C(C)(C)C. The topological polar surface area (TPSA) is 6.48 Å². The summed E-state index contributed by atoms with van der Waals surface area (Å²) in [5, 5.41) is 0. The van der Waals surface area contributed by atoms with E-state index in [1.54, 1.807) is 0 Å². The van der Waals surface area contributed by atoms with Gasteiger partial charge in [0.2, 0.25) is 0 Å². The molecule has 0 aromatic carbocycles. The van der Waals surface area contributed by atoms with Gasteiger partial charge in [-0.3, -0.25) is 4.90 Å². The molecule has 0 fully saturated rings. The zero-order chi connectivity index (χ0) is 13.3. The van der Waals surface area contributed by atoms with Crippen LogP contribution >= 0.6 is 0 Å². The molecule has 0 aliphatic heterocycles. The van der Waals surface area contributed by atoms with Gasteiger partial charge in [-0.25, -0.2) is 0 Å². The van der Waals surface area contributed by atoms with Crippen LogP contribution in [-0.2, 0) is 0 Å². The van der Waals surface area contributed by atoms with Crippen LogP contribution in [0, 0.1) is 0 Å². The summed E-state index contributed by atoms with van der Waals surface area (Å²) in [5.74, 6) is 0. The van der Waals surface area contributed by atoms with Gasteiger partial charge in [0, 0.05) is 18.6 Å². The molecule has 0 radical (unpaired) electrons. The first-order chi connectivity index (χ1) is 7.95. The van der Waals surface area contributed by atoms with E-state index in [1.807, 2.05) is 0 Å². The summed E-state index contributed by atoms with van der Waals surface area (Å²) in [7, 11) is 0. The second kappa shape index (κ2) is 8.93. The van der Waals surface area contributed by atoms with Crippen LogP contribution in [0.4, 0.5) is 0 Å². The Morgan fingerprint density at radius 3 is 1.47 bits per heavy atom. The lowest BCUT2D eigenvalue weighted by atomic mass is 10.1. The van der Waals surface area contributed by atoms with Crippen LogP contribution < -0.4 is 0 Å². The van der Waals surface area contributed by atoms with Gasteiger partial charge < -0.3 is 4.90 Å². The first-order valence-corrected chi connectivity index (χ1v) is 7.43. The van der Waals surface area contributed by atoms with E-state index in [2.05, 4.69) is 51.3 Å². The number of hydrogen-bond donors (Lipinski definition) is 0. The predicted octanol–water partition coefficient (Wildman–Crippen LogP) is 3.62. The molecule has 0 aromatic heterocycles. The zero-order valence-electron chi connectivity index (χ0n) is 13.1. The van der Waals surface area contributed by atoms with Gasteiger partial charge >= 0.3 is 0 Å². The molecular weight excluding hydrogens is 208 g/mol. The number of nitrogens with zero attached hydrogens (tertiary/aromatic N) is 2. The Morgan fingerprint density at radius 2 is 1.12 bits per heavy atom. The van der Waals surface area contributed by atoms with Gasteiger partial charge in [0.25, 0.3) is 0 Å². The third-order valence-corrected chi connectivity index (χ3v) is 3.21. The highest BCUT2D eigenvalue weighted by Crippen LogP contribution is 2.13. The normalized spacial score (nSPS) is 12.7. The summed E-state index contributed by atoms with van der Waals surface area (Å²) in [6.45, 7) is 19.9. The van der Waals surface area contributed by atoms with E-state index in [4.69, 9.17) is 0 Å². The monoisotopic (exact) mass is 242 g/mol. The molecule has 0 unspecified atom stereocenters. The smallest absolute Gasteiger partial charge is 0.0125 e. The van der Waals surface area contributed by atoms with Crippen LogP contribution in [0.1, 0.15) is 60.8 Å². The summed E-state index contributed by atoms with van der Waals surface area (Å²) in [6.07, 6.45) is 3.78. The van der Waals surface area contributed by atoms with E-state index in [0.29, 0.717) is 5.54 Å². The van der Waals surface area contributed by atoms with Gasteiger partial charge in [-0.15, -0.1) is 0 Å². The first-order valence-electron chi connectivity index (χ1n) is 7.43. The third kappa shape index (κ3) is 7.77. The minimum absolute atomic E-state index is 0.306. The summed E-state index contributed by atoms with van der Waals surface area (Å²) < 4.78 is 0. The predicted molar refractivity (Wildman–Crippen MR) is 78.6 cm³/mol. The highest BCUT2D eigenvalue weighted by atomic mass is 15.2. The van der Waals surface area contributed by atoms with E-state index >= 15 is 0 Å². The second-order valence-electron chi connectivity index (χ2n) is 6.00. The van der Waals surface area contributed by atoms with Crippen molar-refractivity contribution in [2.24, 2.45) is 0 Å². The van der Waals surface area contributed by atoms with Gasteiger partial charge in [-0.05, 0) is 59.7 Å². The van der Waals surface area contributed by atoms with Crippen LogP contribution in [0.15, 0.2) is 0 Å².